The first-order valence-corrected chi connectivity index (χ1v) is 17.7. The van der Waals surface area contributed by atoms with Crippen LogP contribution in [-0.2, 0) is 25.7 Å². The Balaban J connectivity index is 1.12. The number of amides is 2. The van der Waals surface area contributed by atoms with Crippen molar-refractivity contribution in [2.24, 2.45) is 0 Å². The highest BCUT2D eigenvalue weighted by atomic mass is 16.7. The number of benzene rings is 3. The van der Waals surface area contributed by atoms with Crippen LogP contribution in [0.5, 0.6) is 0 Å². The first kappa shape index (κ1) is 35.5. The first-order valence-electron chi connectivity index (χ1n) is 17.7. The van der Waals surface area contributed by atoms with Gasteiger partial charge in [-0.2, -0.15) is 0 Å². The minimum atomic E-state index is -0.562. The average Bonchev–Trinajstić information content (AvgIpc) is 3.08. The molecule has 258 valence electrons. The molecule has 0 unspecified atom stereocenters. The van der Waals surface area contributed by atoms with Crippen LogP contribution in [-0.4, -0.2) is 47.6 Å². The molecule has 0 spiro atoms. The molecule has 2 heterocycles. The summed E-state index contributed by atoms with van der Waals surface area (Å²) < 4.78 is 13.2. The van der Waals surface area contributed by atoms with Gasteiger partial charge in [0.1, 0.15) is 0 Å². The van der Waals surface area contributed by atoms with Crippen LogP contribution in [0.2, 0.25) is 0 Å². The minimum absolute atomic E-state index is 0.00601. The summed E-state index contributed by atoms with van der Waals surface area (Å²) in [4.78, 5) is 27.6. The van der Waals surface area contributed by atoms with Crippen molar-refractivity contribution in [1.82, 2.24) is 4.90 Å². The number of hydrogen-bond acceptors (Lipinski definition) is 7. The normalized spacial score (nSPS) is 20.4. The van der Waals surface area contributed by atoms with E-state index >= 15 is 0 Å². The monoisotopic (exact) mass is 656 g/mol. The van der Waals surface area contributed by atoms with Crippen LogP contribution in [0.4, 0.5) is 17.1 Å². The maximum Gasteiger partial charge on any atom is 0.224 e. The number of carbonyl (C=O) groups excluding carboxylic acids is 2. The van der Waals surface area contributed by atoms with Crippen LogP contribution in [0.15, 0.2) is 72.8 Å². The van der Waals surface area contributed by atoms with Crippen molar-refractivity contribution >= 4 is 28.9 Å². The standard InChI is InChI=1S/C39H52N4O5/c40-34-15-8-9-16-35(34)42-38(46)18-7-3-2-6-17-37(45)41-32-14-12-13-31(25-32)39-47-33(27-43-23-10-4-1-5-11-24-43)26-36(48-39)30-21-19-29(28-44)20-22-30/h8-9,12-16,19-22,25,33,36,39,44H,1-7,10-11,17-18,23-24,26-28,40H2,(H,41,45)(H,42,46)/t33-,36+,39+/m1/s1. The smallest absolute Gasteiger partial charge is 0.224 e. The van der Waals surface area contributed by atoms with Gasteiger partial charge in [0.15, 0.2) is 6.29 Å². The van der Waals surface area contributed by atoms with E-state index in [9.17, 15) is 14.7 Å². The molecular formula is C39H52N4O5. The number of anilines is 3. The van der Waals surface area contributed by atoms with E-state index in [1.165, 1.54) is 32.1 Å². The van der Waals surface area contributed by atoms with Gasteiger partial charge in [0.2, 0.25) is 11.8 Å². The predicted octanol–water partition coefficient (Wildman–Crippen LogP) is 7.49. The Morgan fingerprint density at radius 2 is 1.46 bits per heavy atom. The summed E-state index contributed by atoms with van der Waals surface area (Å²) in [5.74, 6) is -0.0854. The van der Waals surface area contributed by atoms with Gasteiger partial charge in [-0.3, -0.25) is 9.59 Å². The van der Waals surface area contributed by atoms with Crippen LogP contribution in [0.25, 0.3) is 0 Å². The zero-order valence-corrected chi connectivity index (χ0v) is 28.1. The number of rotatable bonds is 14. The molecule has 5 N–H and O–H groups in total. The number of likely N-dealkylation sites (tertiary alicyclic amines) is 1. The number of ether oxygens (including phenoxy) is 2. The summed E-state index contributed by atoms with van der Waals surface area (Å²) in [6.07, 6.45) is 10.5. The quantitative estimate of drug-likeness (QED) is 0.105. The van der Waals surface area contributed by atoms with E-state index in [0.29, 0.717) is 24.2 Å². The molecule has 2 amide bonds. The van der Waals surface area contributed by atoms with Crippen molar-refractivity contribution in [1.29, 1.82) is 0 Å². The van der Waals surface area contributed by atoms with Crippen LogP contribution in [0.1, 0.15) is 106 Å². The van der Waals surface area contributed by atoms with Gasteiger partial charge >= 0.3 is 0 Å². The zero-order chi connectivity index (χ0) is 33.6. The second kappa shape index (κ2) is 18.7. The van der Waals surface area contributed by atoms with Crippen molar-refractivity contribution in [3.63, 3.8) is 0 Å². The number of nitrogens with zero attached hydrogens (tertiary/aromatic N) is 1. The first-order chi connectivity index (χ1) is 23.5. The highest BCUT2D eigenvalue weighted by molar-refractivity contribution is 5.93. The van der Waals surface area contributed by atoms with Gasteiger partial charge in [0.25, 0.3) is 0 Å². The topological polar surface area (TPSA) is 126 Å². The van der Waals surface area contributed by atoms with Crippen molar-refractivity contribution < 1.29 is 24.2 Å². The Morgan fingerprint density at radius 3 is 2.17 bits per heavy atom. The van der Waals surface area contributed by atoms with E-state index in [2.05, 4.69) is 15.5 Å². The lowest BCUT2D eigenvalue weighted by Gasteiger charge is -2.39. The van der Waals surface area contributed by atoms with Gasteiger partial charge < -0.3 is 35.8 Å². The number of nitrogens with one attached hydrogen (secondary N) is 2. The Bertz CT molecular complexity index is 1440. The molecule has 2 saturated heterocycles. The fraction of sp³-hybridized carbons (Fsp3) is 0.487. The molecule has 5 rings (SSSR count). The Kier molecular flexibility index (Phi) is 13.8. The Labute approximate surface area is 285 Å². The molecule has 0 aromatic heterocycles. The van der Waals surface area contributed by atoms with E-state index in [0.717, 1.165) is 74.1 Å². The maximum atomic E-state index is 12.8. The number of hydrogen-bond donors (Lipinski definition) is 4. The fourth-order valence-electron chi connectivity index (χ4n) is 6.55. The van der Waals surface area contributed by atoms with Crippen molar-refractivity contribution in [2.75, 3.05) is 36.0 Å². The Morgan fingerprint density at radius 1 is 0.771 bits per heavy atom. The highest BCUT2D eigenvalue weighted by Crippen LogP contribution is 2.39. The van der Waals surface area contributed by atoms with Crippen LogP contribution in [0, 0.1) is 0 Å². The summed E-state index contributed by atoms with van der Waals surface area (Å²) in [5.41, 5.74) is 10.6. The van der Waals surface area contributed by atoms with Gasteiger partial charge in [-0.15, -0.1) is 0 Å². The number of aliphatic hydroxyl groups excluding tert-OH is 1. The van der Waals surface area contributed by atoms with E-state index < -0.39 is 6.29 Å². The second-order valence-electron chi connectivity index (χ2n) is 13.1. The number of aliphatic hydroxyl groups is 1. The van der Waals surface area contributed by atoms with Gasteiger partial charge in [0.05, 0.1) is 30.2 Å². The van der Waals surface area contributed by atoms with Crippen LogP contribution < -0.4 is 16.4 Å². The highest BCUT2D eigenvalue weighted by Gasteiger charge is 2.33. The summed E-state index contributed by atoms with van der Waals surface area (Å²) >= 11 is 0. The van der Waals surface area contributed by atoms with Crippen LogP contribution >= 0.6 is 0 Å². The summed E-state index contributed by atoms with van der Waals surface area (Å²) in [6, 6.07) is 23.0. The zero-order valence-electron chi connectivity index (χ0n) is 28.1. The number of unbranched alkanes of at least 4 members (excludes halogenated alkanes) is 3. The summed E-state index contributed by atoms with van der Waals surface area (Å²) in [6.45, 7) is 3.08. The summed E-state index contributed by atoms with van der Waals surface area (Å²) in [7, 11) is 0. The van der Waals surface area contributed by atoms with Gasteiger partial charge in [-0.25, -0.2) is 0 Å². The van der Waals surface area contributed by atoms with Gasteiger partial charge in [-0.05, 0) is 74.2 Å². The van der Waals surface area contributed by atoms with Crippen molar-refractivity contribution in [2.45, 2.75) is 102 Å². The predicted molar refractivity (Wildman–Crippen MR) is 190 cm³/mol. The fourth-order valence-corrected chi connectivity index (χ4v) is 6.55. The molecule has 0 radical (unpaired) electrons. The number of nitrogens with two attached hydrogens (primary N) is 1. The molecule has 3 aromatic rings. The molecule has 3 atom stereocenters. The van der Waals surface area contributed by atoms with E-state index in [-0.39, 0.29) is 30.6 Å². The largest absolute Gasteiger partial charge is 0.397 e. The van der Waals surface area contributed by atoms with Gasteiger partial charge in [0, 0.05) is 37.1 Å². The SMILES string of the molecule is Nc1ccccc1NC(=O)CCCCCCC(=O)Nc1cccc([C@H]2O[C@@H](CN3CCCCCCC3)C[C@@H](c3ccc(CO)cc3)O2)c1. The van der Waals surface area contributed by atoms with Crippen molar-refractivity contribution in [3.05, 3.63) is 89.5 Å². The second-order valence-corrected chi connectivity index (χ2v) is 13.1. The lowest BCUT2D eigenvalue weighted by atomic mass is 9.99. The van der Waals surface area contributed by atoms with E-state index in [1.54, 1.807) is 12.1 Å². The molecule has 48 heavy (non-hydrogen) atoms. The third-order valence-corrected chi connectivity index (χ3v) is 9.26. The lowest BCUT2D eigenvalue weighted by Crippen LogP contribution is -2.40. The number of nitrogen functional groups attached to an aromatic ring is 1. The summed E-state index contributed by atoms with van der Waals surface area (Å²) in [5, 5.41) is 15.4. The third kappa shape index (κ3) is 11.2. The molecular weight excluding hydrogens is 604 g/mol. The van der Waals surface area contributed by atoms with Crippen LogP contribution in [0.3, 0.4) is 0 Å². The molecule has 2 aliphatic heterocycles. The molecule has 0 bridgehead atoms. The van der Waals surface area contributed by atoms with E-state index in [1.807, 2.05) is 60.7 Å². The maximum absolute atomic E-state index is 12.8. The molecule has 9 nitrogen and oxygen atoms in total. The van der Waals surface area contributed by atoms with Crippen molar-refractivity contribution in [3.8, 4) is 0 Å². The molecule has 3 aromatic carbocycles. The molecule has 0 aliphatic carbocycles. The lowest BCUT2D eigenvalue weighted by molar-refractivity contribution is -0.253. The minimum Gasteiger partial charge on any atom is -0.397 e. The molecule has 2 fully saturated rings. The third-order valence-electron chi connectivity index (χ3n) is 9.26. The van der Waals surface area contributed by atoms with E-state index in [4.69, 9.17) is 15.2 Å². The average molecular weight is 657 g/mol. The molecule has 0 saturated carbocycles. The number of para-hydroxylation sites is 2. The molecule has 9 heteroatoms. The number of carbonyl (C=O) groups is 2. The Hall–Kier alpha value is -3.76. The molecule has 2 aliphatic rings. The van der Waals surface area contributed by atoms with Gasteiger partial charge in [-0.1, -0.05) is 80.6 Å².